The van der Waals surface area contributed by atoms with Gasteiger partial charge >= 0.3 is 0 Å². The molecule has 1 aliphatic rings. The zero-order valence-electron chi connectivity index (χ0n) is 14.7. The van der Waals surface area contributed by atoms with E-state index in [1.54, 1.807) is 13.1 Å². The molecule has 1 aliphatic heterocycles. The van der Waals surface area contributed by atoms with Crippen LogP contribution in [0.2, 0.25) is 0 Å². The molecule has 2 aromatic carbocycles. The van der Waals surface area contributed by atoms with Crippen molar-refractivity contribution in [1.82, 2.24) is 10.2 Å². The Hall–Kier alpha value is -2.40. The van der Waals surface area contributed by atoms with E-state index in [0.29, 0.717) is 13.2 Å². The summed E-state index contributed by atoms with van der Waals surface area (Å²) in [4.78, 5) is 6.58. The Morgan fingerprint density at radius 1 is 1.28 bits per heavy atom. The summed E-state index contributed by atoms with van der Waals surface area (Å²) in [6.07, 6.45) is 0.0302. The van der Waals surface area contributed by atoms with Gasteiger partial charge in [0, 0.05) is 20.1 Å². The molecule has 5 heteroatoms. The van der Waals surface area contributed by atoms with Crippen molar-refractivity contribution in [2.45, 2.75) is 19.6 Å². The summed E-state index contributed by atoms with van der Waals surface area (Å²) in [7, 11) is 1.77. The van der Waals surface area contributed by atoms with Crippen molar-refractivity contribution in [2.75, 3.05) is 26.7 Å². The third-order valence-corrected chi connectivity index (χ3v) is 4.45. The maximum atomic E-state index is 13.3. The lowest BCUT2D eigenvalue weighted by atomic mass is 10.0. The Bertz CT molecular complexity index is 747. The molecule has 0 spiro atoms. The van der Waals surface area contributed by atoms with E-state index in [0.717, 1.165) is 24.6 Å². The van der Waals surface area contributed by atoms with Gasteiger partial charge in [-0.3, -0.25) is 4.99 Å². The number of aryl methyl sites for hydroxylation is 1. The Kier molecular flexibility index (Phi) is 5.66. The van der Waals surface area contributed by atoms with Gasteiger partial charge in [0.1, 0.15) is 11.9 Å². The molecule has 0 saturated carbocycles. The van der Waals surface area contributed by atoms with Crippen LogP contribution < -0.4 is 5.32 Å². The first kappa shape index (κ1) is 17.4. The molecule has 0 amide bonds. The van der Waals surface area contributed by atoms with E-state index in [-0.39, 0.29) is 11.9 Å². The summed E-state index contributed by atoms with van der Waals surface area (Å²) in [5.41, 5.74) is 3.34. The van der Waals surface area contributed by atoms with Crippen molar-refractivity contribution in [3.63, 3.8) is 0 Å². The van der Waals surface area contributed by atoms with Crippen molar-refractivity contribution in [3.8, 4) is 0 Å². The highest BCUT2D eigenvalue weighted by Crippen LogP contribution is 2.25. The van der Waals surface area contributed by atoms with Crippen LogP contribution in [0, 0.1) is 12.7 Å². The fourth-order valence-electron chi connectivity index (χ4n) is 3.14. The number of aliphatic imine (C=N–C) groups is 1. The van der Waals surface area contributed by atoms with Crippen LogP contribution >= 0.6 is 0 Å². The van der Waals surface area contributed by atoms with Crippen LogP contribution in [0.5, 0.6) is 0 Å². The maximum Gasteiger partial charge on any atom is 0.194 e. The highest BCUT2D eigenvalue weighted by molar-refractivity contribution is 5.80. The van der Waals surface area contributed by atoms with Crippen molar-refractivity contribution < 1.29 is 9.13 Å². The van der Waals surface area contributed by atoms with Crippen LogP contribution in [0.1, 0.15) is 22.8 Å². The highest BCUT2D eigenvalue weighted by atomic mass is 19.1. The molecular weight excluding hydrogens is 317 g/mol. The second-order valence-corrected chi connectivity index (χ2v) is 6.19. The van der Waals surface area contributed by atoms with Crippen molar-refractivity contribution in [3.05, 3.63) is 71.0 Å². The monoisotopic (exact) mass is 341 g/mol. The quantitative estimate of drug-likeness (QED) is 0.688. The summed E-state index contributed by atoms with van der Waals surface area (Å²) >= 11 is 0. The Morgan fingerprint density at radius 3 is 2.88 bits per heavy atom. The van der Waals surface area contributed by atoms with E-state index in [9.17, 15) is 4.39 Å². The van der Waals surface area contributed by atoms with Crippen LogP contribution in [-0.2, 0) is 11.3 Å². The fraction of sp³-hybridized carbons (Fsp3) is 0.350. The summed E-state index contributed by atoms with van der Waals surface area (Å²) in [6, 6.07) is 14.9. The number of hydrogen-bond donors (Lipinski definition) is 1. The maximum absolute atomic E-state index is 13.3. The van der Waals surface area contributed by atoms with Crippen LogP contribution in [0.4, 0.5) is 4.39 Å². The van der Waals surface area contributed by atoms with Gasteiger partial charge in [0.2, 0.25) is 0 Å². The second-order valence-electron chi connectivity index (χ2n) is 6.19. The molecular formula is C20H24FN3O. The first-order chi connectivity index (χ1) is 12.2. The first-order valence-corrected chi connectivity index (χ1v) is 8.54. The van der Waals surface area contributed by atoms with Crippen LogP contribution in [0.3, 0.4) is 0 Å². The summed E-state index contributed by atoms with van der Waals surface area (Å²) in [5.74, 6) is 0.589. The van der Waals surface area contributed by atoms with E-state index >= 15 is 0 Å². The third-order valence-electron chi connectivity index (χ3n) is 4.45. The number of guanidine groups is 1. The number of halogens is 1. The number of ether oxygens (including phenoxy) is 1. The van der Waals surface area contributed by atoms with E-state index in [1.165, 1.54) is 23.3 Å². The molecule has 4 nitrogen and oxygen atoms in total. The van der Waals surface area contributed by atoms with Crippen molar-refractivity contribution in [2.24, 2.45) is 4.99 Å². The Balaban J connectivity index is 1.66. The van der Waals surface area contributed by atoms with Gasteiger partial charge in [-0.2, -0.15) is 0 Å². The lowest BCUT2D eigenvalue weighted by molar-refractivity contribution is -0.00833. The SMILES string of the molecule is CN=C(NCc1cccc(F)c1)N1CCOC(c2ccccc2C)C1. The van der Waals surface area contributed by atoms with Gasteiger partial charge in [0.05, 0.1) is 13.2 Å². The average Bonchev–Trinajstić information content (AvgIpc) is 2.63. The standard InChI is InChI=1S/C20H24FN3O/c1-15-6-3-4-9-18(15)19-14-24(10-11-25-19)20(22-2)23-13-16-7-5-8-17(21)12-16/h3-9,12,19H,10-11,13-14H2,1-2H3,(H,22,23). The van der Waals surface area contributed by atoms with E-state index in [1.807, 2.05) is 18.2 Å². The van der Waals surface area contributed by atoms with Crippen LogP contribution in [0.15, 0.2) is 53.5 Å². The molecule has 1 unspecified atom stereocenters. The second kappa shape index (κ2) is 8.12. The molecule has 0 radical (unpaired) electrons. The Morgan fingerprint density at radius 2 is 2.12 bits per heavy atom. The summed E-state index contributed by atoms with van der Waals surface area (Å²) in [6.45, 7) is 4.82. The van der Waals surface area contributed by atoms with Crippen LogP contribution in [-0.4, -0.2) is 37.6 Å². The largest absolute Gasteiger partial charge is 0.370 e. The molecule has 0 aromatic heterocycles. The molecule has 1 N–H and O–H groups in total. The number of nitrogens with one attached hydrogen (secondary N) is 1. The number of benzene rings is 2. The minimum atomic E-state index is -0.222. The zero-order valence-corrected chi connectivity index (χ0v) is 14.7. The van der Waals surface area contributed by atoms with E-state index in [2.05, 4.69) is 34.3 Å². The first-order valence-electron chi connectivity index (χ1n) is 8.54. The highest BCUT2D eigenvalue weighted by Gasteiger charge is 2.25. The molecule has 25 heavy (non-hydrogen) atoms. The topological polar surface area (TPSA) is 36.9 Å². The Labute approximate surface area is 148 Å². The zero-order chi connectivity index (χ0) is 17.6. The molecule has 1 saturated heterocycles. The normalized spacial score (nSPS) is 18.3. The van der Waals surface area contributed by atoms with Crippen molar-refractivity contribution in [1.29, 1.82) is 0 Å². The van der Waals surface area contributed by atoms with E-state index < -0.39 is 0 Å². The number of rotatable bonds is 3. The molecule has 1 atom stereocenters. The van der Waals surface area contributed by atoms with Crippen LogP contribution in [0.25, 0.3) is 0 Å². The van der Waals surface area contributed by atoms with Gasteiger partial charge in [0.15, 0.2) is 5.96 Å². The lowest BCUT2D eigenvalue weighted by Gasteiger charge is -2.35. The van der Waals surface area contributed by atoms with Gasteiger partial charge in [-0.1, -0.05) is 36.4 Å². The molecule has 2 aromatic rings. The number of hydrogen-bond acceptors (Lipinski definition) is 2. The molecule has 3 rings (SSSR count). The number of nitrogens with zero attached hydrogens (tertiary/aromatic N) is 2. The van der Waals surface area contributed by atoms with Gasteiger partial charge in [-0.15, -0.1) is 0 Å². The molecule has 1 fully saturated rings. The molecule has 0 aliphatic carbocycles. The summed E-state index contributed by atoms with van der Waals surface area (Å²) in [5, 5.41) is 3.32. The third kappa shape index (κ3) is 4.37. The van der Waals surface area contributed by atoms with Gasteiger partial charge in [0.25, 0.3) is 0 Å². The lowest BCUT2D eigenvalue weighted by Crippen LogP contribution is -2.48. The van der Waals surface area contributed by atoms with E-state index in [4.69, 9.17) is 4.74 Å². The minimum Gasteiger partial charge on any atom is -0.370 e. The minimum absolute atomic E-state index is 0.0302. The van der Waals surface area contributed by atoms with Crippen molar-refractivity contribution >= 4 is 5.96 Å². The fourth-order valence-corrected chi connectivity index (χ4v) is 3.14. The van der Waals surface area contributed by atoms with Gasteiger partial charge < -0.3 is 15.0 Å². The molecule has 132 valence electrons. The smallest absolute Gasteiger partial charge is 0.194 e. The molecule has 1 heterocycles. The average molecular weight is 341 g/mol. The predicted molar refractivity (Wildman–Crippen MR) is 98.0 cm³/mol. The summed E-state index contributed by atoms with van der Waals surface area (Å²) < 4.78 is 19.3. The number of morpholine rings is 1. The molecule has 0 bridgehead atoms. The van der Waals surface area contributed by atoms with Gasteiger partial charge in [-0.25, -0.2) is 4.39 Å². The predicted octanol–water partition coefficient (Wildman–Crippen LogP) is 3.28. The van der Waals surface area contributed by atoms with Gasteiger partial charge in [-0.05, 0) is 35.7 Å².